The Morgan fingerprint density at radius 1 is 1.20 bits per heavy atom. The van der Waals surface area contributed by atoms with E-state index < -0.39 is 0 Å². The molecule has 25 heavy (non-hydrogen) atoms. The fourth-order valence-electron chi connectivity index (χ4n) is 5.79. The Labute approximate surface area is 153 Å². The first-order valence-electron chi connectivity index (χ1n) is 9.65. The first-order chi connectivity index (χ1) is 12.0. The van der Waals surface area contributed by atoms with Gasteiger partial charge in [0.1, 0.15) is 0 Å². The summed E-state index contributed by atoms with van der Waals surface area (Å²) in [5.74, 6) is 2.53. The zero-order chi connectivity index (χ0) is 17.4. The number of hydrogen-bond donors (Lipinski definition) is 2. The lowest BCUT2D eigenvalue weighted by Crippen LogP contribution is -2.53. The van der Waals surface area contributed by atoms with E-state index in [2.05, 4.69) is 10.6 Å². The molecule has 1 aromatic heterocycles. The molecule has 2 N–H and O–H groups in total. The van der Waals surface area contributed by atoms with E-state index in [4.69, 9.17) is 0 Å². The van der Waals surface area contributed by atoms with Crippen molar-refractivity contribution in [2.24, 2.45) is 23.2 Å². The summed E-state index contributed by atoms with van der Waals surface area (Å²) in [4.78, 5) is 26.1. The standard InChI is InChI=1S/C20H28N2O2S/c1-13(17-3-2-6-25-17)22-18(23)4-5-21-19(24)20-10-14-7-15(11-20)9-16(8-14)12-20/h2-3,6,13-16H,4-5,7-12H2,1H3,(H,21,24)(H,22,23)/t13-,14?,15?,16?,20?/m1/s1. The molecule has 0 aliphatic heterocycles. The molecular weight excluding hydrogens is 332 g/mol. The zero-order valence-electron chi connectivity index (χ0n) is 14.9. The van der Waals surface area contributed by atoms with Crippen molar-refractivity contribution in [2.45, 2.75) is 57.9 Å². The van der Waals surface area contributed by atoms with Crippen LogP contribution in [0.4, 0.5) is 0 Å². The van der Waals surface area contributed by atoms with Crippen LogP contribution in [0.1, 0.15) is 62.8 Å². The van der Waals surface area contributed by atoms with E-state index in [-0.39, 0.29) is 23.3 Å². The molecule has 4 bridgehead atoms. The molecule has 4 saturated carbocycles. The van der Waals surface area contributed by atoms with Gasteiger partial charge in [0, 0.05) is 23.3 Å². The molecule has 5 rings (SSSR count). The third-order valence-corrected chi connectivity index (χ3v) is 7.56. The van der Waals surface area contributed by atoms with Crippen LogP contribution in [0.2, 0.25) is 0 Å². The summed E-state index contributed by atoms with van der Waals surface area (Å²) in [6, 6.07) is 4.06. The Morgan fingerprint density at radius 3 is 2.40 bits per heavy atom. The van der Waals surface area contributed by atoms with E-state index in [9.17, 15) is 9.59 Å². The van der Waals surface area contributed by atoms with Crippen LogP contribution in [-0.2, 0) is 9.59 Å². The third-order valence-electron chi connectivity index (χ3n) is 6.50. The maximum absolute atomic E-state index is 12.8. The second kappa shape index (κ2) is 6.75. The summed E-state index contributed by atoms with van der Waals surface area (Å²) in [6.07, 6.45) is 7.61. The van der Waals surface area contributed by atoms with Crippen LogP contribution >= 0.6 is 11.3 Å². The first-order valence-corrected chi connectivity index (χ1v) is 10.5. The van der Waals surface area contributed by atoms with Crippen LogP contribution in [-0.4, -0.2) is 18.4 Å². The van der Waals surface area contributed by atoms with Crippen molar-refractivity contribution in [1.82, 2.24) is 10.6 Å². The van der Waals surface area contributed by atoms with E-state index in [1.807, 2.05) is 24.4 Å². The number of carbonyl (C=O) groups is 2. The molecule has 4 fully saturated rings. The molecule has 0 aromatic carbocycles. The maximum atomic E-state index is 12.8. The van der Waals surface area contributed by atoms with Gasteiger partial charge >= 0.3 is 0 Å². The average molecular weight is 361 g/mol. The summed E-state index contributed by atoms with van der Waals surface area (Å²) in [6.45, 7) is 2.45. The van der Waals surface area contributed by atoms with Crippen LogP contribution in [0.15, 0.2) is 17.5 Å². The molecule has 1 atom stereocenters. The topological polar surface area (TPSA) is 58.2 Å². The number of thiophene rings is 1. The lowest BCUT2D eigenvalue weighted by molar-refractivity contribution is -0.146. The molecule has 136 valence electrons. The van der Waals surface area contributed by atoms with Crippen molar-refractivity contribution >= 4 is 23.2 Å². The van der Waals surface area contributed by atoms with E-state index in [0.29, 0.717) is 13.0 Å². The fourth-order valence-corrected chi connectivity index (χ4v) is 6.52. The van der Waals surface area contributed by atoms with E-state index in [1.54, 1.807) is 11.3 Å². The largest absolute Gasteiger partial charge is 0.355 e. The monoisotopic (exact) mass is 360 g/mol. The quantitative estimate of drug-likeness (QED) is 0.813. The molecule has 0 radical (unpaired) electrons. The van der Waals surface area contributed by atoms with Gasteiger partial charge in [0.05, 0.1) is 6.04 Å². The van der Waals surface area contributed by atoms with Crippen molar-refractivity contribution in [1.29, 1.82) is 0 Å². The summed E-state index contributed by atoms with van der Waals surface area (Å²) >= 11 is 1.65. The van der Waals surface area contributed by atoms with Crippen LogP contribution < -0.4 is 10.6 Å². The highest BCUT2D eigenvalue weighted by Crippen LogP contribution is 2.60. The Bertz CT molecular complexity index is 605. The molecular formula is C20H28N2O2S. The predicted molar refractivity (Wildman–Crippen MR) is 99.1 cm³/mol. The van der Waals surface area contributed by atoms with Gasteiger partial charge in [0.15, 0.2) is 0 Å². The Balaban J connectivity index is 1.25. The number of rotatable bonds is 6. The molecule has 1 aromatic rings. The van der Waals surface area contributed by atoms with Gasteiger partial charge in [-0.1, -0.05) is 6.07 Å². The van der Waals surface area contributed by atoms with Gasteiger partial charge in [-0.15, -0.1) is 11.3 Å². The molecule has 2 amide bonds. The Morgan fingerprint density at radius 2 is 1.84 bits per heavy atom. The average Bonchev–Trinajstić information content (AvgIpc) is 3.08. The van der Waals surface area contributed by atoms with Crippen LogP contribution in [0.25, 0.3) is 0 Å². The zero-order valence-corrected chi connectivity index (χ0v) is 15.7. The highest BCUT2D eigenvalue weighted by molar-refractivity contribution is 7.10. The van der Waals surface area contributed by atoms with Gasteiger partial charge in [0.2, 0.25) is 11.8 Å². The van der Waals surface area contributed by atoms with Crippen LogP contribution in [0, 0.1) is 23.2 Å². The molecule has 4 aliphatic carbocycles. The molecule has 1 heterocycles. The number of amides is 2. The summed E-state index contributed by atoms with van der Waals surface area (Å²) in [7, 11) is 0. The van der Waals surface area contributed by atoms with Crippen LogP contribution in [0.3, 0.4) is 0 Å². The van der Waals surface area contributed by atoms with E-state index in [0.717, 1.165) is 41.9 Å². The Hall–Kier alpha value is -1.36. The number of nitrogens with one attached hydrogen (secondary N) is 2. The summed E-state index contributed by atoms with van der Waals surface area (Å²) < 4.78 is 0. The molecule has 0 unspecified atom stereocenters. The van der Waals surface area contributed by atoms with E-state index in [1.165, 1.54) is 19.3 Å². The van der Waals surface area contributed by atoms with Crippen molar-refractivity contribution in [3.05, 3.63) is 22.4 Å². The predicted octanol–water partition coefficient (Wildman–Crippen LogP) is 3.65. The van der Waals surface area contributed by atoms with Gasteiger partial charge in [-0.3, -0.25) is 9.59 Å². The van der Waals surface area contributed by atoms with Gasteiger partial charge < -0.3 is 10.6 Å². The summed E-state index contributed by atoms with van der Waals surface area (Å²) in [5.41, 5.74) is -0.116. The number of hydrogen-bond acceptors (Lipinski definition) is 3. The lowest BCUT2D eigenvalue weighted by Gasteiger charge is -2.55. The first kappa shape index (κ1) is 17.1. The molecule has 4 nitrogen and oxygen atoms in total. The highest BCUT2D eigenvalue weighted by Gasteiger charge is 2.54. The maximum Gasteiger partial charge on any atom is 0.226 e. The minimum Gasteiger partial charge on any atom is -0.355 e. The second-order valence-corrected chi connectivity index (χ2v) is 9.49. The Kier molecular flexibility index (Phi) is 4.61. The summed E-state index contributed by atoms with van der Waals surface area (Å²) in [5, 5.41) is 8.11. The van der Waals surface area contributed by atoms with Gasteiger partial charge in [0.25, 0.3) is 0 Å². The second-order valence-electron chi connectivity index (χ2n) is 8.51. The molecule has 5 heteroatoms. The van der Waals surface area contributed by atoms with Crippen LogP contribution in [0.5, 0.6) is 0 Å². The van der Waals surface area contributed by atoms with Crippen molar-refractivity contribution in [3.8, 4) is 0 Å². The lowest BCUT2D eigenvalue weighted by atomic mass is 9.49. The van der Waals surface area contributed by atoms with Crippen molar-refractivity contribution in [3.63, 3.8) is 0 Å². The van der Waals surface area contributed by atoms with Gasteiger partial charge in [-0.05, 0) is 74.6 Å². The molecule has 0 saturated heterocycles. The van der Waals surface area contributed by atoms with Gasteiger partial charge in [-0.2, -0.15) is 0 Å². The SMILES string of the molecule is C[C@@H](NC(=O)CCNC(=O)C12CC3CC(CC(C3)C1)C2)c1cccs1. The fraction of sp³-hybridized carbons (Fsp3) is 0.700. The van der Waals surface area contributed by atoms with Gasteiger partial charge in [-0.25, -0.2) is 0 Å². The van der Waals surface area contributed by atoms with Crippen molar-refractivity contribution in [2.75, 3.05) is 6.54 Å². The van der Waals surface area contributed by atoms with E-state index >= 15 is 0 Å². The number of carbonyl (C=O) groups excluding carboxylic acids is 2. The molecule has 4 aliphatic rings. The highest BCUT2D eigenvalue weighted by atomic mass is 32.1. The minimum atomic E-state index is -0.116. The molecule has 0 spiro atoms. The normalized spacial score (nSPS) is 33.9. The minimum absolute atomic E-state index is 0.00621. The third kappa shape index (κ3) is 3.48. The van der Waals surface area contributed by atoms with Crippen molar-refractivity contribution < 1.29 is 9.59 Å². The smallest absolute Gasteiger partial charge is 0.226 e.